The van der Waals surface area contributed by atoms with Crippen molar-refractivity contribution in [2.45, 2.75) is 40.2 Å². The maximum absolute atomic E-state index is 11.9. The van der Waals surface area contributed by atoms with Gasteiger partial charge in [0.05, 0.1) is 13.2 Å². The lowest BCUT2D eigenvalue weighted by Gasteiger charge is -2.31. The third kappa shape index (κ3) is 7.52. The number of fused-ring (bicyclic) bond motifs is 1. The summed E-state index contributed by atoms with van der Waals surface area (Å²) in [7, 11) is 0. The summed E-state index contributed by atoms with van der Waals surface area (Å²) in [5, 5.41) is 0. The summed E-state index contributed by atoms with van der Waals surface area (Å²) in [4.78, 5) is 26.2. The number of benzene rings is 3. The Labute approximate surface area is 258 Å². The topological polar surface area (TPSA) is 92.8 Å². The van der Waals surface area contributed by atoms with Gasteiger partial charge in [0.15, 0.2) is 0 Å². The molecule has 3 aromatic carbocycles. The van der Waals surface area contributed by atoms with Crippen molar-refractivity contribution in [3.63, 3.8) is 0 Å². The Morgan fingerprint density at radius 2 is 1.50 bits per heavy atom. The van der Waals surface area contributed by atoms with Gasteiger partial charge >= 0.3 is 12.3 Å². The first-order valence-corrected chi connectivity index (χ1v) is 15.1. The first-order valence-electron chi connectivity index (χ1n) is 15.1. The monoisotopic (exact) mass is 601 g/mol. The molecule has 2 aliphatic heterocycles. The number of hydrogen-bond acceptors (Lipinski definition) is 9. The molecule has 0 amide bonds. The van der Waals surface area contributed by atoms with E-state index in [-0.39, 0.29) is 13.2 Å². The van der Waals surface area contributed by atoms with E-state index in [1.165, 1.54) is 6.42 Å². The van der Waals surface area contributed by atoms with Gasteiger partial charge in [0.2, 0.25) is 0 Å². The van der Waals surface area contributed by atoms with Crippen molar-refractivity contribution < 1.29 is 38.0 Å². The summed E-state index contributed by atoms with van der Waals surface area (Å²) in [6.07, 6.45) is -0.752. The molecule has 9 nitrogen and oxygen atoms in total. The molecule has 1 saturated heterocycles. The van der Waals surface area contributed by atoms with Gasteiger partial charge in [-0.15, -0.1) is 0 Å². The fraction of sp³-hybridized carbons (Fsp3) is 0.371. The van der Waals surface area contributed by atoms with Gasteiger partial charge in [0.25, 0.3) is 0 Å². The van der Waals surface area contributed by atoms with Gasteiger partial charge in [0.1, 0.15) is 35.7 Å². The predicted octanol–water partition coefficient (Wildman–Crippen LogP) is 7.54. The van der Waals surface area contributed by atoms with Crippen molar-refractivity contribution in [2.75, 3.05) is 39.5 Å². The van der Waals surface area contributed by atoms with E-state index >= 15 is 0 Å². The van der Waals surface area contributed by atoms with Crippen LogP contribution in [0.4, 0.5) is 9.59 Å². The van der Waals surface area contributed by atoms with E-state index in [0.29, 0.717) is 23.9 Å². The van der Waals surface area contributed by atoms with E-state index in [0.717, 1.165) is 59.1 Å². The Balaban J connectivity index is 1.41. The molecule has 0 radical (unpaired) electrons. The van der Waals surface area contributed by atoms with Gasteiger partial charge in [-0.05, 0) is 92.8 Å². The Bertz CT molecular complexity index is 1480. The molecule has 2 unspecified atom stereocenters. The number of allylic oxidation sites excluding steroid dienone is 1. The number of hydrogen-bond donors (Lipinski definition) is 0. The quantitative estimate of drug-likeness (QED) is 0.173. The fourth-order valence-corrected chi connectivity index (χ4v) is 5.55. The smallest absolute Gasteiger partial charge is 0.492 e. The SMILES string of the molecule is CCOC(=O)Oc1ccc(C2=C(C)c3ccc(OC(=O)OCC)cc3OC2c2ccc(OCCN3CCC(C)C3)cc2)cc1. The van der Waals surface area contributed by atoms with E-state index in [1.54, 1.807) is 38.1 Å². The molecular weight excluding hydrogens is 562 g/mol. The molecule has 3 aromatic rings. The number of carbonyl (C=O) groups excluding carboxylic acids is 2. The van der Waals surface area contributed by atoms with Crippen LogP contribution in [-0.2, 0) is 9.47 Å². The van der Waals surface area contributed by atoms with Crippen LogP contribution in [0.1, 0.15) is 56.9 Å². The Morgan fingerprint density at radius 1 is 0.864 bits per heavy atom. The van der Waals surface area contributed by atoms with Crippen molar-refractivity contribution in [1.29, 1.82) is 0 Å². The normalized spacial score (nSPS) is 17.8. The average molecular weight is 602 g/mol. The summed E-state index contributed by atoms with van der Waals surface area (Å²) in [6.45, 7) is 12.0. The third-order valence-electron chi connectivity index (χ3n) is 7.73. The number of ether oxygens (including phenoxy) is 6. The molecule has 2 heterocycles. The zero-order valence-corrected chi connectivity index (χ0v) is 25.7. The maximum atomic E-state index is 11.9. The van der Waals surface area contributed by atoms with Crippen LogP contribution in [0.25, 0.3) is 11.1 Å². The fourth-order valence-electron chi connectivity index (χ4n) is 5.55. The minimum atomic E-state index is -0.771. The first-order chi connectivity index (χ1) is 21.3. The zero-order valence-electron chi connectivity index (χ0n) is 25.7. The molecule has 2 atom stereocenters. The molecule has 0 spiro atoms. The molecule has 0 aliphatic carbocycles. The van der Waals surface area contributed by atoms with Crippen LogP contribution in [0.3, 0.4) is 0 Å². The maximum Gasteiger partial charge on any atom is 0.513 e. The minimum absolute atomic E-state index is 0.217. The highest BCUT2D eigenvalue weighted by molar-refractivity contribution is 5.95. The van der Waals surface area contributed by atoms with Gasteiger partial charge in [-0.3, -0.25) is 4.90 Å². The summed E-state index contributed by atoms with van der Waals surface area (Å²) in [5.74, 6) is 2.83. The number of likely N-dealkylation sites (tertiary alicyclic amines) is 1. The molecule has 0 saturated carbocycles. The molecule has 2 aliphatic rings. The van der Waals surface area contributed by atoms with E-state index in [2.05, 4.69) is 11.8 Å². The second kappa shape index (κ2) is 14.3. The summed E-state index contributed by atoms with van der Waals surface area (Å²) in [6, 6.07) is 20.5. The van der Waals surface area contributed by atoms with Crippen LogP contribution >= 0.6 is 0 Å². The molecule has 0 bridgehead atoms. The second-order valence-electron chi connectivity index (χ2n) is 10.9. The van der Waals surface area contributed by atoms with Crippen LogP contribution in [0, 0.1) is 5.92 Å². The van der Waals surface area contributed by atoms with Crippen molar-refractivity contribution in [3.05, 3.63) is 83.4 Å². The van der Waals surface area contributed by atoms with Gasteiger partial charge in [-0.2, -0.15) is 0 Å². The summed E-state index contributed by atoms with van der Waals surface area (Å²) >= 11 is 0. The number of nitrogens with zero attached hydrogens (tertiary/aromatic N) is 1. The average Bonchev–Trinajstić information content (AvgIpc) is 3.43. The zero-order chi connectivity index (χ0) is 31.1. The second-order valence-corrected chi connectivity index (χ2v) is 10.9. The van der Waals surface area contributed by atoms with Crippen LogP contribution in [0.5, 0.6) is 23.0 Å². The Kier molecular flexibility index (Phi) is 10.1. The van der Waals surface area contributed by atoms with Crippen molar-refractivity contribution >= 4 is 23.5 Å². The van der Waals surface area contributed by atoms with Crippen LogP contribution in [0.15, 0.2) is 66.7 Å². The van der Waals surface area contributed by atoms with Gasteiger partial charge in [-0.1, -0.05) is 31.2 Å². The van der Waals surface area contributed by atoms with E-state index in [9.17, 15) is 9.59 Å². The van der Waals surface area contributed by atoms with E-state index < -0.39 is 18.4 Å². The lowest BCUT2D eigenvalue weighted by molar-refractivity contribution is 0.103. The van der Waals surface area contributed by atoms with Crippen LogP contribution in [0.2, 0.25) is 0 Å². The lowest BCUT2D eigenvalue weighted by atomic mass is 9.86. The molecule has 5 rings (SSSR count). The lowest BCUT2D eigenvalue weighted by Crippen LogP contribution is -2.25. The van der Waals surface area contributed by atoms with Gasteiger partial charge < -0.3 is 28.4 Å². The largest absolute Gasteiger partial charge is 0.513 e. The van der Waals surface area contributed by atoms with Crippen molar-refractivity contribution in [1.82, 2.24) is 4.90 Å². The molecule has 44 heavy (non-hydrogen) atoms. The van der Waals surface area contributed by atoms with Crippen molar-refractivity contribution in [3.8, 4) is 23.0 Å². The number of rotatable bonds is 10. The van der Waals surface area contributed by atoms with Gasteiger partial charge in [0, 0.05) is 30.3 Å². The van der Waals surface area contributed by atoms with E-state index in [1.807, 2.05) is 49.4 Å². The predicted molar refractivity (Wildman–Crippen MR) is 166 cm³/mol. The molecule has 0 N–H and O–H groups in total. The highest BCUT2D eigenvalue weighted by atomic mass is 16.7. The molecule has 0 aromatic heterocycles. The molecule has 1 fully saturated rings. The number of carbonyl (C=O) groups is 2. The minimum Gasteiger partial charge on any atom is -0.492 e. The summed E-state index contributed by atoms with van der Waals surface area (Å²) < 4.78 is 33.1. The standard InChI is InChI=1S/C35H39NO8/c1-5-39-34(37)42-28-13-7-25(8-14-28)32-24(4)30-16-15-29(43-35(38)40-6-2)21-31(30)44-33(32)26-9-11-27(12-10-26)41-20-19-36-18-17-23(3)22-36/h7-16,21,23,33H,5-6,17-20,22H2,1-4H3. The van der Waals surface area contributed by atoms with Gasteiger partial charge in [-0.25, -0.2) is 9.59 Å². The summed E-state index contributed by atoms with van der Waals surface area (Å²) in [5.41, 5.74) is 4.65. The van der Waals surface area contributed by atoms with Crippen LogP contribution < -0.4 is 18.9 Å². The molecule has 9 heteroatoms. The Morgan fingerprint density at radius 3 is 2.14 bits per heavy atom. The van der Waals surface area contributed by atoms with E-state index in [4.69, 9.17) is 28.4 Å². The van der Waals surface area contributed by atoms with Crippen LogP contribution in [-0.4, -0.2) is 56.7 Å². The highest BCUT2D eigenvalue weighted by Crippen LogP contribution is 2.47. The molecule has 232 valence electrons. The van der Waals surface area contributed by atoms with Crippen molar-refractivity contribution in [2.24, 2.45) is 5.92 Å². The highest BCUT2D eigenvalue weighted by Gasteiger charge is 2.30. The Hall–Kier alpha value is -4.50. The first kappa shape index (κ1) is 30.9. The third-order valence-corrected chi connectivity index (χ3v) is 7.73. The molecular formula is C35H39NO8.